The highest BCUT2D eigenvalue weighted by Crippen LogP contribution is 2.30. The number of halogens is 2. The lowest BCUT2D eigenvalue weighted by atomic mass is 9.81. The average Bonchev–Trinajstić information content (AvgIpc) is 1.97. The van der Waals surface area contributed by atoms with Crippen LogP contribution in [0.2, 0.25) is 0 Å². The van der Waals surface area contributed by atoms with E-state index in [0.717, 1.165) is 6.42 Å². The van der Waals surface area contributed by atoms with Crippen LogP contribution in [0.15, 0.2) is 0 Å². The molecule has 0 aromatic carbocycles. The van der Waals surface area contributed by atoms with E-state index < -0.39 is 21.4 Å². The van der Waals surface area contributed by atoms with E-state index in [0.29, 0.717) is 12.8 Å². The first kappa shape index (κ1) is 10.8. The van der Waals surface area contributed by atoms with Crippen molar-refractivity contribution in [3.05, 3.63) is 0 Å². The molecule has 1 rings (SSSR count). The fraction of sp³-hybridized carbons (Fsp3) is 1.00. The van der Waals surface area contributed by atoms with Gasteiger partial charge < -0.3 is 5.11 Å². The molecule has 0 spiro atoms. The molecule has 0 aromatic rings. The van der Waals surface area contributed by atoms with Gasteiger partial charge in [0.1, 0.15) is 0 Å². The molecule has 0 unspecified atom stereocenters. The fourth-order valence-electron chi connectivity index (χ4n) is 1.06. The lowest BCUT2D eigenvalue weighted by Gasteiger charge is -2.36. The van der Waals surface area contributed by atoms with Crippen molar-refractivity contribution in [2.75, 3.05) is 6.54 Å². The third-order valence-corrected chi connectivity index (χ3v) is 3.14. The highest BCUT2D eigenvalue weighted by atomic mass is 32.2. The summed E-state index contributed by atoms with van der Waals surface area (Å²) in [5, 5.41) is 9.38. The van der Waals surface area contributed by atoms with Crippen LogP contribution >= 0.6 is 0 Å². The Labute approximate surface area is 75.0 Å². The lowest BCUT2D eigenvalue weighted by molar-refractivity contribution is -0.0273. The Balaban J connectivity index is 2.42. The third-order valence-electron chi connectivity index (χ3n) is 2.12. The molecule has 13 heavy (non-hydrogen) atoms. The summed E-state index contributed by atoms with van der Waals surface area (Å²) in [4.78, 5) is 0. The maximum Gasteiger partial charge on any atom is 0.350 e. The van der Waals surface area contributed by atoms with Crippen molar-refractivity contribution in [2.24, 2.45) is 0 Å². The second-order valence-corrected chi connectivity index (χ2v) is 4.94. The van der Waals surface area contributed by atoms with Gasteiger partial charge in [-0.2, -0.15) is 8.78 Å². The van der Waals surface area contributed by atoms with Gasteiger partial charge in [-0.3, -0.25) is 0 Å². The maximum absolute atomic E-state index is 11.8. The molecule has 4 nitrogen and oxygen atoms in total. The van der Waals surface area contributed by atoms with Gasteiger partial charge in [-0.05, 0) is 19.3 Å². The van der Waals surface area contributed by atoms with Gasteiger partial charge in [-0.1, -0.05) is 0 Å². The Morgan fingerprint density at radius 2 is 2.00 bits per heavy atom. The molecule has 78 valence electrons. The Morgan fingerprint density at radius 1 is 1.46 bits per heavy atom. The molecular formula is C6H11F2NO3S. The monoisotopic (exact) mass is 215 g/mol. The zero-order chi connectivity index (χ0) is 10.1. The van der Waals surface area contributed by atoms with Gasteiger partial charge in [0.2, 0.25) is 0 Å². The van der Waals surface area contributed by atoms with E-state index in [1.165, 1.54) is 0 Å². The minimum atomic E-state index is -4.55. The Hall–Kier alpha value is -0.270. The van der Waals surface area contributed by atoms with Crippen LogP contribution in [0.5, 0.6) is 0 Å². The van der Waals surface area contributed by atoms with Crippen LogP contribution in [0.25, 0.3) is 0 Å². The fourth-order valence-corrected chi connectivity index (χ4v) is 1.66. The van der Waals surface area contributed by atoms with Crippen molar-refractivity contribution in [3.63, 3.8) is 0 Å². The molecule has 1 aliphatic carbocycles. The van der Waals surface area contributed by atoms with Crippen LogP contribution in [-0.2, 0) is 10.0 Å². The Morgan fingerprint density at radius 3 is 2.31 bits per heavy atom. The molecule has 0 aliphatic heterocycles. The van der Waals surface area contributed by atoms with E-state index in [1.54, 1.807) is 4.72 Å². The summed E-state index contributed by atoms with van der Waals surface area (Å²) in [6, 6.07) is 0. The number of sulfonamides is 1. The number of hydrogen-bond donors (Lipinski definition) is 2. The molecule has 0 amide bonds. The van der Waals surface area contributed by atoms with Gasteiger partial charge in [-0.25, -0.2) is 13.1 Å². The number of aliphatic hydroxyl groups is 1. The smallest absolute Gasteiger partial charge is 0.350 e. The molecule has 0 aromatic heterocycles. The lowest BCUT2D eigenvalue weighted by Crippen LogP contribution is -2.48. The topological polar surface area (TPSA) is 66.4 Å². The first-order valence-corrected chi connectivity index (χ1v) is 5.39. The molecule has 0 heterocycles. The maximum atomic E-state index is 11.8. The van der Waals surface area contributed by atoms with Crippen molar-refractivity contribution in [2.45, 2.75) is 30.6 Å². The molecule has 0 saturated heterocycles. The molecule has 1 saturated carbocycles. The normalized spacial score (nSPS) is 21.5. The SMILES string of the molecule is O=S(=O)(NCC1(O)CCC1)C(F)F. The minimum Gasteiger partial charge on any atom is -0.389 e. The first-order valence-electron chi connectivity index (χ1n) is 3.85. The Bertz CT molecular complexity index is 274. The summed E-state index contributed by atoms with van der Waals surface area (Å²) in [5.74, 6) is -3.43. The largest absolute Gasteiger partial charge is 0.389 e. The van der Waals surface area contributed by atoms with E-state index in [2.05, 4.69) is 0 Å². The molecular weight excluding hydrogens is 204 g/mol. The van der Waals surface area contributed by atoms with Gasteiger partial charge in [0.15, 0.2) is 0 Å². The standard InChI is InChI=1S/C6H11F2NO3S/c7-5(8)13(11,12)9-4-6(10)2-1-3-6/h5,9-10H,1-4H2. The number of hydrogen-bond acceptors (Lipinski definition) is 3. The average molecular weight is 215 g/mol. The highest BCUT2D eigenvalue weighted by Gasteiger charge is 2.36. The summed E-state index contributed by atoms with van der Waals surface area (Å²) in [5.41, 5.74) is -1.11. The predicted octanol–water partition coefficient (Wildman–Crippen LogP) is 0.0434. The molecule has 1 fully saturated rings. The van der Waals surface area contributed by atoms with E-state index in [-0.39, 0.29) is 6.54 Å². The molecule has 2 N–H and O–H groups in total. The molecule has 0 radical (unpaired) electrons. The van der Waals surface area contributed by atoms with Gasteiger partial charge >= 0.3 is 5.76 Å². The molecule has 7 heteroatoms. The molecule has 1 aliphatic rings. The molecule has 0 bridgehead atoms. The summed E-state index contributed by atoms with van der Waals surface area (Å²) in [6.07, 6.45) is 1.71. The zero-order valence-electron chi connectivity index (χ0n) is 6.83. The van der Waals surface area contributed by atoms with Crippen molar-refractivity contribution in [1.29, 1.82) is 0 Å². The zero-order valence-corrected chi connectivity index (χ0v) is 7.65. The summed E-state index contributed by atoms with van der Waals surface area (Å²) in [6.45, 7) is -0.320. The van der Waals surface area contributed by atoms with Crippen molar-refractivity contribution in [3.8, 4) is 0 Å². The van der Waals surface area contributed by atoms with Crippen LogP contribution in [0.1, 0.15) is 19.3 Å². The van der Waals surface area contributed by atoms with Crippen LogP contribution in [0.3, 0.4) is 0 Å². The minimum absolute atomic E-state index is 0.320. The third kappa shape index (κ3) is 2.58. The van der Waals surface area contributed by atoms with Crippen molar-refractivity contribution >= 4 is 10.0 Å². The second-order valence-electron chi connectivity index (χ2n) is 3.20. The van der Waals surface area contributed by atoms with Gasteiger partial charge in [0, 0.05) is 6.54 Å². The van der Waals surface area contributed by atoms with Crippen LogP contribution in [0, 0.1) is 0 Å². The first-order chi connectivity index (χ1) is 5.86. The van der Waals surface area contributed by atoms with E-state index >= 15 is 0 Å². The summed E-state index contributed by atoms with van der Waals surface area (Å²) >= 11 is 0. The van der Waals surface area contributed by atoms with E-state index in [4.69, 9.17) is 0 Å². The Kier molecular flexibility index (Phi) is 2.88. The number of rotatable bonds is 4. The van der Waals surface area contributed by atoms with Crippen LogP contribution in [-0.4, -0.2) is 31.4 Å². The molecule has 0 atom stereocenters. The number of alkyl halides is 2. The van der Waals surface area contributed by atoms with E-state index in [1.807, 2.05) is 0 Å². The van der Waals surface area contributed by atoms with Crippen molar-refractivity contribution in [1.82, 2.24) is 4.72 Å². The van der Waals surface area contributed by atoms with Crippen LogP contribution in [0.4, 0.5) is 8.78 Å². The van der Waals surface area contributed by atoms with Gasteiger partial charge in [0.05, 0.1) is 5.60 Å². The predicted molar refractivity (Wildman–Crippen MR) is 41.7 cm³/mol. The van der Waals surface area contributed by atoms with Crippen LogP contribution < -0.4 is 4.72 Å². The summed E-state index contributed by atoms with van der Waals surface area (Å²) in [7, 11) is -4.55. The second kappa shape index (κ2) is 3.47. The highest BCUT2D eigenvalue weighted by molar-refractivity contribution is 7.89. The van der Waals surface area contributed by atoms with Gasteiger partial charge in [-0.15, -0.1) is 0 Å². The number of nitrogens with one attached hydrogen (secondary N) is 1. The van der Waals surface area contributed by atoms with Gasteiger partial charge in [0.25, 0.3) is 10.0 Å². The van der Waals surface area contributed by atoms with E-state index in [9.17, 15) is 22.3 Å². The summed E-state index contributed by atoms with van der Waals surface area (Å²) < 4.78 is 46.3. The quantitative estimate of drug-likeness (QED) is 0.696. The van der Waals surface area contributed by atoms with Crippen molar-refractivity contribution < 1.29 is 22.3 Å².